The van der Waals surface area contributed by atoms with Gasteiger partial charge in [-0.25, -0.2) is 0 Å². The predicted molar refractivity (Wildman–Crippen MR) is 72.0 cm³/mol. The molecule has 2 aromatic carbocycles. The summed E-state index contributed by atoms with van der Waals surface area (Å²) in [4.78, 5) is 0. The molecule has 0 saturated carbocycles. The van der Waals surface area contributed by atoms with E-state index in [0.717, 1.165) is 16.8 Å². The molecule has 0 spiro atoms. The first-order valence-electron chi connectivity index (χ1n) is 5.61. The van der Waals surface area contributed by atoms with Crippen LogP contribution in [0.15, 0.2) is 60.7 Å². The molecule has 0 aliphatic heterocycles. The van der Waals surface area contributed by atoms with Crippen molar-refractivity contribution in [2.24, 2.45) is 0 Å². The first-order chi connectivity index (χ1) is 8.83. The normalized spacial score (nSPS) is 10.5. The van der Waals surface area contributed by atoms with E-state index in [4.69, 9.17) is 0 Å². The first kappa shape index (κ1) is 11.4. The summed E-state index contributed by atoms with van der Waals surface area (Å²) < 4.78 is 18.6. The van der Waals surface area contributed by atoms with Crippen molar-refractivity contribution >= 4 is 14.7 Å². The number of aromatic nitrogens is 1. The Morgan fingerprint density at radius 3 is 2.28 bits per heavy atom. The Hall–Kier alpha value is -1.70. The number of nitrogens with zero attached hydrogens (tertiary/aromatic N) is 1. The average Bonchev–Trinajstić information content (AvgIpc) is 2.90. The van der Waals surface area contributed by atoms with E-state index in [9.17, 15) is 4.39 Å². The molecule has 1 nitrogen and oxygen atoms in total. The van der Waals surface area contributed by atoms with Crippen molar-refractivity contribution in [2.75, 3.05) is 0 Å². The van der Waals surface area contributed by atoms with Crippen LogP contribution < -0.4 is 0 Å². The van der Waals surface area contributed by atoms with Crippen LogP contribution in [-0.4, -0.2) is 18.7 Å². The number of rotatable bonds is 2. The van der Waals surface area contributed by atoms with Gasteiger partial charge in [-0.3, -0.25) is 0 Å². The van der Waals surface area contributed by atoms with Crippen molar-refractivity contribution in [1.29, 1.82) is 0 Å². The van der Waals surface area contributed by atoms with Gasteiger partial charge in [0.05, 0.1) is 0 Å². The topological polar surface area (TPSA) is 12.9 Å². The van der Waals surface area contributed by atoms with Gasteiger partial charge in [0.25, 0.3) is 0 Å². The summed E-state index contributed by atoms with van der Waals surface area (Å²) in [6, 6.07) is 18.8. The van der Waals surface area contributed by atoms with Crippen molar-refractivity contribution in [1.82, 2.24) is 3.98 Å². The fourth-order valence-electron chi connectivity index (χ4n) is 1.77. The maximum atomic E-state index is 12.9. The second-order valence-electron chi connectivity index (χ2n) is 3.95. The van der Waals surface area contributed by atoms with E-state index >= 15 is 0 Å². The summed E-state index contributed by atoms with van der Waals surface area (Å²) in [6.45, 7) is 0. The van der Waals surface area contributed by atoms with Crippen molar-refractivity contribution in [2.45, 2.75) is 0 Å². The molecule has 0 aliphatic carbocycles. The van der Waals surface area contributed by atoms with Crippen LogP contribution in [0.3, 0.4) is 0 Å². The molecule has 0 saturated heterocycles. The third-order valence-corrected chi connectivity index (χ3v) is 4.47. The number of benzene rings is 2. The van der Waals surface area contributed by atoms with Crippen LogP contribution in [0.5, 0.6) is 0 Å². The van der Waals surface area contributed by atoms with E-state index in [2.05, 4.69) is 22.2 Å². The van der Waals surface area contributed by atoms with Crippen LogP contribution >= 0.6 is 0 Å². The van der Waals surface area contributed by atoms with Crippen LogP contribution in [-0.2, 0) is 0 Å². The van der Waals surface area contributed by atoms with Crippen molar-refractivity contribution in [3.8, 4) is 21.3 Å². The fraction of sp³-hybridized carbons (Fsp3) is 0. The van der Waals surface area contributed by atoms with Gasteiger partial charge in [0.15, 0.2) is 0 Å². The monoisotopic (exact) mass is 303 g/mol. The summed E-state index contributed by atoms with van der Waals surface area (Å²) in [5, 5.41) is 0. The Balaban J connectivity index is 1.97. The summed E-state index contributed by atoms with van der Waals surface area (Å²) in [5.74, 6) is -0.200. The van der Waals surface area contributed by atoms with Crippen molar-refractivity contribution < 1.29 is 4.39 Å². The molecule has 0 fully saturated rings. The molecule has 0 atom stereocenters. The van der Waals surface area contributed by atoms with Crippen LogP contribution in [0, 0.1) is 5.82 Å². The molecule has 0 radical (unpaired) electrons. The Morgan fingerprint density at radius 1 is 0.833 bits per heavy atom. The van der Waals surface area contributed by atoms with Gasteiger partial charge >= 0.3 is 111 Å². The Labute approximate surface area is 111 Å². The van der Waals surface area contributed by atoms with Gasteiger partial charge < -0.3 is 0 Å². The van der Waals surface area contributed by atoms with Gasteiger partial charge in [-0.2, -0.15) is 0 Å². The standard InChI is InChI=1S/C15H10FNSe/c16-13-8-6-12(7-9-13)15-10-14(17-18-15)11-4-2-1-3-5-11/h1-10H. The zero-order chi connectivity index (χ0) is 12.4. The second kappa shape index (κ2) is 4.89. The minimum absolute atomic E-state index is 0.0863. The van der Waals surface area contributed by atoms with Gasteiger partial charge in [-0.05, 0) is 0 Å². The van der Waals surface area contributed by atoms with E-state index in [-0.39, 0.29) is 20.5 Å². The second-order valence-corrected chi connectivity index (χ2v) is 5.64. The summed E-state index contributed by atoms with van der Waals surface area (Å²) in [7, 11) is 0. The van der Waals surface area contributed by atoms with Crippen LogP contribution in [0.4, 0.5) is 4.39 Å². The van der Waals surface area contributed by atoms with Gasteiger partial charge in [0, 0.05) is 0 Å². The van der Waals surface area contributed by atoms with Gasteiger partial charge in [0.1, 0.15) is 0 Å². The Morgan fingerprint density at radius 2 is 1.56 bits per heavy atom. The van der Waals surface area contributed by atoms with Crippen LogP contribution in [0.1, 0.15) is 0 Å². The Bertz CT molecular complexity index is 644. The molecule has 3 rings (SSSR count). The Kier molecular flexibility index (Phi) is 3.09. The summed E-state index contributed by atoms with van der Waals surface area (Å²) >= 11 is 0.0863. The fourth-order valence-corrected chi connectivity index (χ4v) is 3.37. The molecule has 18 heavy (non-hydrogen) atoms. The van der Waals surface area contributed by atoms with E-state index in [1.165, 1.54) is 16.6 Å². The summed E-state index contributed by atoms with van der Waals surface area (Å²) in [6.07, 6.45) is 0. The molecule has 1 aromatic heterocycles. The van der Waals surface area contributed by atoms with E-state index < -0.39 is 0 Å². The molecule has 1 heterocycles. The molecular formula is C15H10FNSe. The number of hydrogen-bond donors (Lipinski definition) is 0. The SMILES string of the molecule is Fc1ccc(-c2cc(-c3ccccc3)n[se]2)cc1. The van der Waals surface area contributed by atoms with Crippen LogP contribution in [0.25, 0.3) is 21.3 Å². The van der Waals surface area contributed by atoms with Crippen molar-refractivity contribution in [3.05, 3.63) is 66.5 Å². The quantitative estimate of drug-likeness (QED) is 0.659. The van der Waals surface area contributed by atoms with E-state index in [0.29, 0.717) is 0 Å². The van der Waals surface area contributed by atoms with Gasteiger partial charge in [-0.15, -0.1) is 0 Å². The minimum atomic E-state index is -0.200. The molecule has 0 amide bonds. The van der Waals surface area contributed by atoms with Crippen LogP contribution in [0.2, 0.25) is 0 Å². The average molecular weight is 302 g/mol. The zero-order valence-electron chi connectivity index (χ0n) is 9.51. The molecule has 0 N–H and O–H groups in total. The molecule has 3 heteroatoms. The van der Waals surface area contributed by atoms with Crippen molar-refractivity contribution in [3.63, 3.8) is 0 Å². The third kappa shape index (κ3) is 2.28. The molecular weight excluding hydrogens is 292 g/mol. The molecule has 0 unspecified atom stereocenters. The van der Waals surface area contributed by atoms with E-state index in [1.54, 1.807) is 0 Å². The summed E-state index contributed by atoms with van der Waals surface area (Å²) in [5.41, 5.74) is 3.22. The zero-order valence-corrected chi connectivity index (χ0v) is 11.2. The molecule has 88 valence electrons. The van der Waals surface area contributed by atoms with E-state index in [1.807, 2.05) is 30.3 Å². The molecule has 0 aliphatic rings. The van der Waals surface area contributed by atoms with Gasteiger partial charge in [-0.1, -0.05) is 0 Å². The first-order valence-corrected chi connectivity index (χ1v) is 7.23. The number of halogens is 1. The predicted octanol–water partition coefficient (Wildman–Crippen LogP) is 3.61. The maximum absolute atomic E-state index is 12.9. The third-order valence-electron chi connectivity index (χ3n) is 2.71. The molecule has 3 aromatic rings. The number of hydrogen-bond acceptors (Lipinski definition) is 1. The van der Waals surface area contributed by atoms with Gasteiger partial charge in [0.2, 0.25) is 0 Å². The molecule has 0 bridgehead atoms.